The van der Waals surface area contributed by atoms with Crippen LogP contribution >= 0.6 is 11.8 Å². The van der Waals surface area contributed by atoms with Crippen molar-refractivity contribution >= 4 is 41.6 Å². The Kier molecular flexibility index (Phi) is 31.2. The molecular formula is C27H57N5O10S. The summed E-state index contributed by atoms with van der Waals surface area (Å²) in [5, 5.41) is 44.4. The van der Waals surface area contributed by atoms with Crippen LogP contribution in [0.1, 0.15) is 73.6 Å². The van der Waals surface area contributed by atoms with E-state index in [-0.39, 0.29) is 17.9 Å². The Morgan fingerprint density at radius 2 is 1.26 bits per heavy atom. The Bertz CT molecular complexity index is 771. The van der Waals surface area contributed by atoms with Gasteiger partial charge in [0.2, 0.25) is 0 Å². The molecule has 1 aliphatic rings. The maximum atomic E-state index is 10.2. The summed E-state index contributed by atoms with van der Waals surface area (Å²) in [6, 6.07) is -3.05. The van der Waals surface area contributed by atoms with Crippen molar-refractivity contribution in [2.24, 2.45) is 40.7 Å². The average Bonchev–Trinajstić information content (AvgIpc) is 3.46. The number of aliphatic carboxylic acids is 5. The van der Waals surface area contributed by atoms with Crippen LogP contribution in [0.25, 0.3) is 0 Å². The predicted molar refractivity (Wildman–Crippen MR) is 168 cm³/mol. The largest absolute Gasteiger partial charge is 0.480 e. The molecule has 0 radical (unpaired) electrons. The lowest BCUT2D eigenvalue weighted by atomic mass is 10.0. The number of nitrogens with one attached hydrogen (secondary N) is 1. The van der Waals surface area contributed by atoms with Crippen molar-refractivity contribution in [3.05, 3.63) is 0 Å². The fraction of sp³-hybridized carbons (Fsp3) is 0.815. The molecule has 0 saturated carbocycles. The van der Waals surface area contributed by atoms with Crippen LogP contribution in [-0.2, 0) is 24.0 Å². The molecule has 15 nitrogen and oxygen atoms in total. The van der Waals surface area contributed by atoms with Crippen LogP contribution in [-0.4, -0.2) is 104 Å². The quantitative estimate of drug-likeness (QED) is 0.133. The lowest BCUT2D eigenvalue weighted by Gasteiger charge is -2.11. The van der Waals surface area contributed by atoms with Gasteiger partial charge < -0.3 is 53.8 Å². The van der Waals surface area contributed by atoms with Gasteiger partial charge in [0.05, 0.1) is 0 Å². The number of nitrogens with two attached hydrogens (primary N) is 4. The minimum absolute atomic E-state index is 0.0208. The van der Waals surface area contributed by atoms with Gasteiger partial charge in [-0.15, -0.1) is 0 Å². The molecule has 1 aliphatic heterocycles. The van der Waals surface area contributed by atoms with Crippen molar-refractivity contribution < 1.29 is 49.5 Å². The highest BCUT2D eigenvalue weighted by molar-refractivity contribution is 7.98. The monoisotopic (exact) mass is 643 g/mol. The maximum Gasteiger partial charge on any atom is 0.320 e. The summed E-state index contributed by atoms with van der Waals surface area (Å²) in [6.07, 6.45) is 5.63. The molecule has 43 heavy (non-hydrogen) atoms. The summed E-state index contributed by atoms with van der Waals surface area (Å²) in [6.45, 7) is 12.1. The smallest absolute Gasteiger partial charge is 0.320 e. The summed E-state index contributed by atoms with van der Waals surface area (Å²) in [7, 11) is 0. The summed E-state index contributed by atoms with van der Waals surface area (Å²) in [5.41, 5.74) is 20.8. The molecule has 0 amide bonds. The van der Waals surface area contributed by atoms with E-state index in [0.29, 0.717) is 18.8 Å². The van der Waals surface area contributed by atoms with Gasteiger partial charge in [0.25, 0.3) is 0 Å². The molecule has 0 aliphatic carbocycles. The number of hydrogen-bond acceptors (Lipinski definition) is 11. The number of carbonyl (C=O) groups is 5. The van der Waals surface area contributed by atoms with Gasteiger partial charge in [0.15, 0.2) is 0 Å². The van der Waals surface area contributed by atoms with Crippen molar-refractivity contribution in [1.82, 2.24) is 5.32 Å². The first-order valence-electron chi connectivity index (χ1n) is 14.1. The minimum atomic E-state index is -0.931. The van der Waals surface area contributed by atoms with Crippen molar-refractivity contribution in [3.63, 3.8) is 0 Å². The number of rotatable bonds is 13. The van der Waals surface area contributed by atoms with Crippen LogP contribution in [0.5, 0.6) is 0 Å². The molecule has 0 aromatic carbocycles. The molecule has 1 rings (SSSR count). The highest BCUT2D eigenvalue weighted by Gasteiger charge is 2.20. The Hall–Kier alpha value is -2.50. The van der Waals surface area contributed by atoms with Crippen LogP contribution in [0.15, 0.2) is 0 Å². The zero-order valence-corrected chi connectivity index (χ0v) is 27.4. The van der Waals surface area contributed by atoms with E-state index in [4.69, 9.17) is 48.5 Å². The van der Waals surface area contributed by atoms with Gasteiger partial charge in [-0.1, -0.05) is 48.0 Å². The van der Waals surface area contributed by atoms with E-state index in [1.165, 1.54) is 0 Å². The van der Waals surface area contributed by atoms with Crippen LogP contribution in [0.4, 0.5) is 0 Å². The molecule has 14 N–H and O–H groups in total. The Labute approximate surface area is 259 Å². The number of hydrogen-bond donors (Lipinski definition) is 10. The third-order valence-electron chi connectivity index (χ3n) is 5.90. The molecule has 256 valence electrons. The molecule has 6 atom stereocenters. The Morgan fingerprint density at radius 3 is 1.42 bits per heavy atom. The summed E-state index contributed by atoms with van der Waals surface area (Å²) < 4.78 is 0. The fourth-order valence-corrected chi connectivity index (χ4v) is 3.14. The second-order valence-electron chi connectivity index (χ2n) is 10.6. The molecule has 0 bridgehead atoms. The molecule has 0 spiro atoms. The van der Waals surface area contributed by atoms with E-state index in [1.54, 1.807) is 25.6 Å². The van der Waals surface area contributed by atoms with Gasteiger partial charge in [0, 0.05) is 0 Å². The minimum Gasteiger partial charge on any atom is -0.480 e. The average molecular weight is 644 g/mol. The molecule has 16 heteroatoms. The van der Waals surface area contributed by atoms with Crippen LogP contribution in [0.2, 0.25) is 0 Å². The predicted octanol–water partition coefficient (Wildman–Crippen LogP) is 0.918. The zero-order valence-electron chi connectivity index (χ0n) is 26.6. The molecule has 1 saturated heterocycles. The van der Waals surface area contributed by atoms with Crippen molar-refractivity contribution in [1.29, 1.82) is 0 Å². The first-order chi connectivity index (χ1) is 19.7. The number of thioether (sulfide) groups is 1. The van der Waals surface area contributed by atoms with Gasteiger partial charge in [-0.2, -0.15) is 11.8 Å². The van der Waals surface area contributed by atoms with Crippen molar-refractivity contribution in [2.45, 2.75) is 104 Å². The zero-order chi connectivity index (χ0) is 34.9. The van der Waals surface area contributed by atoms with Crippen molar-refractivity contribution in [2.75, 3.05) is 18.6 Å². The standard InChI is InChI=1S/2C6H13NO2.C5H11NO2S.C5H9NO2.C5H11NO2/c1-4(2)3-5(7)6(8)9;1-3-4(2)5(7)6(8)9;1-9-3-2-4(6)5(7)8;7-5(8)4-2-1-3-6-4;1-3(2)4(6)5(7)8/h2*4-5H,3,7H2,1-2H3,(H,8,9);4H,2-3,6H2,1H3,(H,7,8);4,6H,1-3H2,(H,7,8);3-4H,6H2,1-2H3,(H,7,8)/t5-;4-,5-;3*4-/m00000/s1. The molecule has 1 fully saturated rings. The third-order valence-corrected chi connectivity index (χ3v) is 6.54. The lowest BCUT2D eigenvalue weighted by Crippen LogP contribution is -2.36. The molecule has 0 aromatic heterocycles. The Morgan fingerprint density at radius 1 is 0.791 bits per heavy atom. The number of carboxylic acid groups (broad SMARTS) is 5. The lowest BCUT2D eigenvalue weighted by molar-refractivity contribution is -0.140. The van der Waals surface area contributed by atoms with E-state index < -0.39 is 54.0 Å². The summed E-state index contributed by atoms with van der Waals surface area (Å²) in [5.74, 6) is -3.13. The highest BCUT2D eigenvalue weighted by atomic mass is 32.2. The van der Waals surface area contributed by atoms with Crippen LogP contribution < -0.4 is 28.3 Å². The Balaban J connectivity index is -0.000000221. The van der Waals surface area contributed by atoms with E-state index in [0.717, 1.165) is 31.6 Å². The van der Waals surface area contributed by atoms with Gasteiger partial charge in [0.1, 0.15) is 30.2 Å². The summed E-state index contributed by atoms with van der Waals surface area (Å²) >= 11 is 1.60. The van der Waals surface area contributed by atoms with E-state index in [2.05, 4.69) is 5.32 Å². The fourth-order valence-electron chi connectivity index (χ4n) is 2.65. The SMILES string of the molecule is CC(C)C[C@H](N)C(=O)O.CC(C)[C@H](N)C(=O)O.CC[C@H](C)[C@H](N)C(=O)O.CSCC[C@H](N)C(=O)O.O=C(O)[C@@H]1CCCN1. The van der Waals surface area contributed by atoms with Crippen molar-refractivity contribution in [3.8, 4) is 0 Å². The van der Waals surface area contributed by atoms with Gasteiger partial charge >= 0.3 is 29.8 Å². The molecule has 1 heterocycles. The van der Waals surface area contributed by atoms with E-state index in [9.17, 15) is 24.0 Å². The van der Waals surface area contributed by atoms with Gasteiger partial charge in [-0.25, -0.2) is 0 Å². The molecular weight excluding hydrogens is 586 g/mol. The molecule has 0 aromatic rings. The second-order valence-corrected chi connectivity index (χ2v) is 11.6. The first-order valence-corrected chi connectivity index (χ1v) is 15.5. The molecule has 0 unspecified atom stereocenters. The number of carboxylic acids is 5. The van der Waals surface area contributed by atoms with E-state index in [1.807, 2.05) is 34.0 Å². The van der Waals surface area contributed by atoms with E-state index >= 15 is 0 Å². The van der Waals surface area contributed by atoms with Gasteiger partial charge in [-0.05, 0) is 62.0 Å². The van der Waals surface area contributed by atoms with Gasteiger partial charge in [-0.3, -0.25) is 24.0 Å². The van der Waals surface area contributed by atoms with Crippen LogP contribution in [0.3, 0.4) is 0 Å². The highest BCUT2D eigenvalue weighted by Crippen LogP contribution is 2.05. The maximum absolute atomic E-state index is 10.2. The van der Waals surface area contributed by atoms with Crippen LogP contribution in [0, 0.1) is 17.8 Å². The third kappa shape index (κ3) is 30.8. The first kappa shape index (κ1) is 47.4. The second kappa shape index (κ2) is 28.3. The summed E-state index contributed by atoms with van der Waals surface area (Å²) in [4.78, 5) is 50.5. The topological polar surface area (TPSA) is 303 Å². The normalized spacial score (nSPS) is 17.0.